The van der Waals surface area contributed by atoms with Gasteiger partial charge in [0.05, 0.1) is 30.1 Å². The number of methoxy groups -OCH3 is 1. The van der Waals surface area contributed by atoms with Gasteiger partial charge in [-0.15, -0.1) is 0 Å². The Morgan fingerprint density at radius 3 is 2.66 bits per heavy atom. The molecule has 3 N–H and O–H groups in total. The van der Waals surface area contributed by atoms with Crippen LogP contribution in [0.15, 0.2) is 66.6 Å². The van der Waals surface area contributed by atoms with Gasteiger partial charge in [-0.05, 0) is 36.5 Å². The van der Waals surface area contributed by atoms with Gasteiger partial charge < -0.3 is 25.2 Å². The minimum atomic E-state index is -0.715. The second-order valence-corrected chi connectivity index (χ2v) is 10.5. The van der Waals surface area contributed by atoms with Gasteiger partial charge in [-0.25, -0.2) is 4.98 Å². The third kappa shape index (κ3) is 5.03. The molecule has 0 radical (unpaired) electrons. The maximum Gasteiger partial charge on any atom is 0.266 e. The molecule has 41 heavy (non-hydrogen) atoms. The van der Waals surface area contributed by atoms with Crippen LogP contribution in [0.25, 0.3) is 22.4 Å². The Kier molecular flexibility index (Phi) is 7.75. The monoisotopic (exact) mass is 574 g/mol. The molecule has 9 nitrogen and oxygen atoms in total. The summed E-state index contributed by atoms with van der Waals surface area (Å²) in [5.74, 6) is -0.176. The molecule has 1 aromatic heterocycles. The summed E-state index contributed by atoms with van der Waals surface area (Å²) in [6, 6.07) is 12.4. The van der Waals surface area contributed by atoms with Crippen LogP contribution < -0.4 is 10.1 Å². The van der Waals surface area contributed by atoms with E-state index in [2.05, 4.69) is 18.8 Å². The normalized spacial score (nSPS) is 16.5. The van der Waals surface area contributed by atoms with Gasteiger partial charge in [0.15, 0.2) is 0 Å². The number of aromatic nitrogens is 1. The van der Waals surface area contributed by atoms with Crippen molar-refractivity contribution in [3.05, 3.63) is 82.8 Å². The number of phenolic OH excluding ortho intramolecular Hbond substituents is 1. The number of carbonyl (C=O) groups is 2. The van der Waals surface area contributed by atoms with Crippen LogP contribution in [-0.4, -0.2) is 64.1 Å². The number of aliphatic hydroxyl groups is 1. The molecule has 1 unspecified atom stereocenters. The summed E-state index contributed by atoms with van der Waals surface area (Å²) in [5.41, 5.74) is 4.56. The maximum absolute atomic E-state index is 13.2. The lowest BCUT2D eigenvalue weighted by Crippen LogP contribution is -2.43. The summed E-state index contributed by atoms with van der Waals surface area (Å²) in [5, 5.41) is 23.6. The smallest absolute Gasteiger partial charge is 0.266 e. The number of rotatable bonds is 7. The van der Waals surface area contributed by atoms with E-state index in [0.717, 1.165) is 18.4 Å². The van der Waals surface area contributed by atoms with E-state index in [1.54, 1.807) is 25.3 Å². The van der Waals surface area contributed by atoms with Crippen LogP contribution in [0.2, 0.25) is 5.02 Å². The van der Waals surface area contributed by atoms with E-state index < -0.39 is 11.8 Å². The molecule has 0 saturated carbocycles. The third-order valence-corrected chi connectivity index (χ3v) is 8.02. The number of aromatic hydroxyl groups is 1. The van der Waals surface area contributed by atoms with Crippen molar-refractivity contribution in [3.63, 3.8) is 0 Å². The molecular weight excluding hydrogens is 544 g/mol. The second-order valence-electron chi connectivity index (χ2n) is 10.1. The minimum absolute atomic E-state index is 0.106. The molecule has 5 rings (SSSR count). The van der Waals surface area contributed by atoms with E-state index in [9.17, 15) is 19.8 Å². The van der Waals surface area contributed by atoms with Gasteiger partial charge in [-0.3, -0.25) is 14.5 Å². The maximum atomic E-state index is 13.2. The number of fused-ring (bicyclic) bond motifs is 1. The van der Waals surface area contributed by atoms with Gasteiger partial charge in [0.2, 0.25) is 5.88 Å². The lowest BCUT2D eigenvalue weighted by Gasteiger charge is -2.34. The summed E-state index contributed by atoms with van der Waals surface area (Å²) in [4.78, 5) is 33.5. The highest BCUT2D eigenvalue weighted by Crippen LogP contribution is 2.45. The molecule has 2 amide bonds. The molecule has 1 aliphatic heterocycles. The van der Waals surface area contributed by atoms with E-state index in [4.69, 9.17) is 21.3 Å². The minimum Gasteiger partial charge on any atom is -0.505 e. The number of anilines is 1. The molecule has 0 fully saturated rings. The summed E-state index contributed by atoms with van der Waals surface area (Å²) in [6.07, 6.45) is 3.31. The fourth-order valence-corrected chi connectivity index (χ4v) is 5.67. The van der Waals surface area contributed by atoms with E-state index >= 15 is 0 Å². The van der Waals surface area contributed by atoms with Crippen LogP contribution in [0.4, 0.5) is 5.69 Å². The van der Waals surface area contributed by atoms with Crippen LogP contribution in [-0.2, 0) is 16.0 Å². The molecule has 0 saturated heterocycles. The molecule has 2 aromatic carbocycles. The van der Waals surface area contributed by atoms with E-state index in [-0.39, 0.29) is 30.2 Å². The fraction of sp³-hybridized carbons (Fsp3) is 0.258. The Balaban J connectivity index is 1.49. The number of para-hydroxylation sites is 1. The topological polar surface area (TPSA) is 115 Å². The molecule has 0 bridgehead atoms. The molecule has 212 valence electrons. The Bertz CT molecular complexity index is 1600. The van der Waals surface area contributed by atoms with Crippen molar-refractivity contribution >= 4 is 29.1 Å². The zero-order valence-corrected chi connectivity index (χ0v) is 23.8. The number of nitrogens with one attached hydrogen (secondary N) is 1. The van der Waals surface area contributed by atoms with Crippen LogP contribution in [0, 0.1) is 0 Å². The largest absolute Gasteiger partial charge is 0.505 e. The van der Waals surface area contributed by atoms with Crippen molar-refractivity contribution in [1.29, 1.82) is 0 Å². The Hall–Kier alpha value is -4.34. The summed E-state index contributed by atoms with van der Waals surface area (Å²) in [6.45, 7) is 5.96. The highest BCUT2D eigenvalue weighted by Gasteiger charge is 2.31. The first kappa shape index (κ1) is 28.2. The van der Waals surface area contributed by atoms with E-state index in [1.165, 1.54) is 34.7 Å². The highest BCUT2D eigenvalue weighted by molar-refractivity contribution is 6.36. The number of β-amino-alcohol motifs (C(OH)–C–C–N with tert-alkyl or cyclic N) is 1. The number of ether oxygens (including phenoxy) is 1. The van der Waals surface area contributed by atoms with Crippen LogP contribution >= 0.6 is 11.6 Å². The van der Waals surface area contributed by atoms with Crippen molar-refractivity contribution in [3.8, 4) is 34.0 Å². The molecule has 1 aliphatic carbocycles. The van der Waals surface area contributed by atoms with Crippen molar-refractivity contribution in [1.82, 2.24) is 14.8 Å². The third-order valence-electron chi connectivity index (χ3n) is 7.62. The van der Waals surface area contributed by atoms with Gasteiger partial charge in [0, 0.05) is 42.0 Å². The second kappa shape index (κ2) is 11.3. The summed E-state index contributed by atoms with van der Waals surface area (Å²) in [7, 11) is 3.11. The first-order valence-electron chi connectivity index (χ1n) is 13.2. The van der Waals surface area contributed by atoms with Crippen molar-refractivity contribution in [2.24, 2.45) is 0 Å². The molecule has 2 aliphatic rings. The first-order chi connectivity index (χ1) is 19.7. The lowest BCUT2D eigenvalue weighted by atomic mass is 9.98. The predicted molar refractivity (Wildman–Crippen MR) is 157 cm³/mol. The van der Waals surface area contributed by atoms with Gasteiger partial charge >= 0.3 is 0 Å². The zero-order valence-electron chi connectivity index (χ0n) is 23.1. The van der Waals surface area contributed by atoms with Gasteiger partial charge in [-0.1, -0.05) is 55.4 Å². The molecule has 3 aromatic rings. The number of carbonyl (C=O) groups excluding carboxylic acids is 2. The number of pyridine rings is 1. The Morgan fingerprint density at radius 1 is 1.22 bits per heavy atom. The number of benzene rings is 2. The standard InChI is InChI=1S/C31H31ClN4O5/c1-17-11-12-19-15-25(34-30(41-4)26(17)19)22-9-5-7-20(27(22)32)21-8-6-10-24(28(21)38)33-29(39)23-16-36(13-14-37)18(2)35(3)31(23)40/h5-10,15-17,37-38H,2,11-14H2,1,3-4H3,(H,33,39). The number of phenols is 1. The van der Waals surface area contributed by atoms with Crippen LogP contribution in [0.3, 0.4) is 0 Å². The Labute approximate surface area is 243 Å². The van der Waals surface area contributed by atoms with Crippen molar-refractivity contribution in [2.45, 2.75) is 25.7 Å². The number of aryl methyl sites for hydroxylation is 1. The molecular formula is C31H31ClN4O5. The van der Waals surface area contributed by atoms with Crippen molar-refractivity contribution < 1.29 is 24.5 Å². The number of halogens is 1. The van der Waals surface area contributed by atoms with Gasteiger partial charge in [-0.2, -0.15) is 0 Å². The lowest BCUT2D eigenvalue weighted by molar-refractivity contribution is -0.128. The van der Waals surface area contributed by atoms with E-state index in [0.29, 0.717) is 45.0 Å². The molecule has 2 heterocycles. The Morgan fingerprint density at radius 2 is 1.93 bits per heavy atom. The van der Waals surface area contributed by atoms with Crippen LogP contribution in [0.1, 0.15) is 30.4 Å². The summed E-state index contributed by atoms with van der Waals surface area (Å²) >= 11 is 6.93. The molecule has 10 heteroatoms. The highest BCUT2D eigenvalue weighted by atomic mass is 35.5. The first-order valence-corrected chi connectivity index (χ1v) is 13.6. The molecule has 1 atom stereocenters. The average Bonchev–Trinajstić information content (AvgIpc) is 3.34. The zero-order chi connectivity index (χ0) is 29.4. The number of aliphatic hydroxyl groups excluding tert-OH is 1. The SMILES string of the molecule is C=C1N(CCO)C=C(C(=O)Nc2cccc(-c3cccc(-c4cc5c(c(OC)n4)C(C)CC5)c3Cl)c2O)C(=O)N1C. The predicted octanol–water partition coefficient (Wildman–Crippen LogP) is 4.89. The number of hydrogen-bond donors (Lipinski definition) is 3. The van der Waals surface area contributed by atoms with Gasteiger partial charge in [0.1, 0.15) is 17.1 Å². The van der Waals surface area contributed by atoms with Gasteiger partial charge in [0.25, 0.3) is 11.8 Å². The fourth-order valence-electron chi connectivity index (χ4n) is 5.35. The summed E-state index contributed by atoms with van der Waals surface area (Å²) < 4.78 is 5.62. The molecule has 0 spiro atoms. The number of amides is 2. The number of likely N-dealkylation sites (N-methyl/N-ethyl adjacent to an activating group) is 1. The van der Waals surface area contributed by atoms with Crippen molar-refractivity contribution in [2.75, 3.05) is 32.6 Å². The van der Waals surface area contributed by atoms with E-state index in [1.807, 2.05) is 18.2 Å². The number of nitrogens with zero attached hydrogens (tertiary/aromatic N) is 3. The number of hydrogen-bond acceptors (Lipinski definition) is 7. The quantitative estimate of drug-likeness (QED) is 0.272. The average molecular weight is 575 g/mol. The van der Waals surface area contributed by atoms with Crippen LogP contribution in [0.5, 0.6) is 11.6 Å².